The van der Waals surface area contributed by atoms with Gasteiger partial charge in [0.05, 0.1) is 29.3 Å². The Morgan fingerprint density at radius 3 is 1.67 bits per heavy atom. The van der Waals surface area contributed by atoms with Gasteiger partial charge in [0.15, 0.2) is 0 Å². The van der Waals surface area contributed by atoms with Gasteiger partial charge in [0.1, 0.15) is 23.7 Å². The number of halogens is 2. The Balaban J connectivity index is 0.758. The second kappa shape index (κ2) is 30.2. The minimum Gasteiger partial charge on any atom is -0.352 e. The lowest BCUT2D eigenvalue weighted by molar-refractivity contribution is -0.140. The molecule has 0 radical (unpaired) electrons. The number of nitrogens with one attached hydrogen (secondary N) is 6. The molecule has 82 heavy (non-hydrogen) atoms. The summed E-state index contributed by atoms with van der Waals surface area (Å²) in [5, 5.41) is 18.0. The molecule has 4 heterocycles. The van der Waals surface area contributed by atoms with E-state index in [2.05, 4.69) is 41.9 Å². The van der Waals surface area contributed by atoms with E-state index in [9.17, 15) is 28.8 Å². The molecule has 6 amide bonds. The molecule has 0 spiro atoms. The van der Waals surface area contributed by atoms with Gasteiger partial charge >= 0.3 is 0 Å². The molecule has 18 heteroatoms. The minimum absolute atomic E-state index is 0.0268. The highest BCUT2D eigenvalue weighted by Crippen LogP contribution is 2.38. The number of rotatable bonds is 25. The van der Waals surface area contributed by atoms with E-state index in [0.717, 1.165) is 127 Å². The monoisotopic (exact) mass is 1130 g/mol. The van der Waals surface area contributed by atoms with Gasteiger partial charge in [0.25, 0.3) is 11.8 Å². The van der Waals surface area contributed by atoms with Crippen LogP contribution in [0.5, 0.6) is 0 Å². The second-order valence-electron chi connectivity index (χ2n) is 23.6. The maximum Gasteiger partial charge on any atom is 0.254 e. The SMILES string of the molecule is CN[C@@H](C)C(=O)N[C@H](C(=O)N1CCC[C@H]1c1cncc(-c2ccc(F)c(C(=O)NCCCCCCCCNC(=O)c3cc(C4=CN=CC([C@@H]5CCCN5C(=O)[C@@H](NC(=O)[C@H](C)NC)C5CCCCC5)C4)ccc3F)c2)c1)C1CCCCC1. The molecule has 4 fully saturated rings. The van der Waals surface area contributed by atoms with Crippen molar-refractivity contribution in [1.29, 1.82) is 0 Å². The van der Waals surface area contributed by atoms with Gasteiger partial charge in [-0.1, -0.05) is 76.3 Å². The van der Waals surface area contributed by atoms with Crippen LogP contribution in [-0.2, 0) is 19.2 Å². The first-order valence-electron chi connectivity index (χ1n) is 30.7. The van der Waals surface area contributed by atoms with Crippen molar-refractivity contribution in [3.8, 4) is 11.1 Å². The first-order valence-corrected chi connectivity index (χ1v) is 30.7. The van der Waals surface area contributed by atoms with E-state index in [4.69, 9.17) is 0 Å². The largest absolute Gasteiger partial charge is 0.352 e. The van der Waals surface area contributed by atoms with Crippen LogP contribution in [0, 0.1) is 29.4 Å². The summed E-state index contributed by atoms with van der Waals surface area (Å²) in [5.41, 5.74) is 3.66. The van der Waals surface area contributed by atoms with Crippen molar-refractivity contribution in [1.82, 2.24) is 46.7 Å². The number of hydrogen-bond acceptors (Lipinski definition) is 10. The fourth-order valence-corrected chi connectivity index (χ4v) is 12.9. The van der Waals surface area contributed by atoms with Gasteiger partial charge in [-0.3, -0.25) is 38.7 Å². The Hall–Kier alpha value is -6.40. The molecule has 2 aromatic carbocycles. The Labute approximate surface area is 483 Å². The highest BCUT2D eigenvalue weighted by molar-refractivity contribution is 5.97. The third-order valence-corrected chi connectivity index (χ3v) is 18.0. The van der Waals surface area contributed by atoms with E-state index >= 15 is 8.78 Å². The van der Waals surface area contributed by atoms with Crippen molar-refractivity contribution in [3.63, 3.8) is 0 Å². The van der Waals surface area contributed by atoms with Crippen LogP contribution in [0.1, 0.15) is 187 Å². The maximum atomic E-state index is 15.2. The van der Waals surface area contributed by atoms with Crippen LogP contribution < -0.4 is 31.9 Å². The summed E-state index contributed by atoms with van der Waals surface area (Å²) in [6.07, 6.45) is 25.9. The Morgan fingerprint density at radius 2 is 1.10 bits per heavy atom. The number of nitrogens with zero attached hydrogens (tertiary/aromatic N) is 4. The molecular weight excluding hydrogens is 1040 g/mol. The number of carbonyl (C=O) groups excluding carboxylic acids is 6. The number of aliphatic imine (C=N–C) groups is 1. The molecule has 2 saturated carbocycles. The van der Waals surface area contributed by atoms with Gasteiger partial charge in [-0.25, -0.2) is 8.78 Å². The van der Waals surface area contributed by atoms with E-state index < -0.39 is 47.6 Å². The number of pyridine rings is 1. The molecule has 0 bridgehead atoms. The number of benzene rings is 2. The van der Waals surface area contributed by atoms with E-state index in [1.807, 2.05) is 22.1 Å². The number of aromatic nitrogens is 1. The summed E-state index contributed by atoms with van der Waals surface area (Å²) in [6, 6.07) is 8.65. The average molecular weight is 1130 g/mol. The quantitative estimate of drug-likeness (QED) is 0.0447. The minimum atomic E-state index is -0.627. The van der Waals surface area contributed by atoms with E-state index in [1.54, 1.807) is 70.8 Å². The topological polar surface area (TPSA) is 206 Å². The summed E-state index contributed by atoms with van der Waals surface area (Å²) in [5.74, 6) is -2.60. The molecule has 3 aliphatic heterocycles. The van der Waals surface area contributed by atoms with Crippen molar-refractivity contribution in [2.75, 3.05) is 40.3 Å². The van der Waals surface area contributed by atoms with Gasteiger partial charge < -0.3 is 41.7 Å². The number of likely N-dealkylation sites (tertiary alicyclic amines) is 2. The summed E-state index contributed by atoms with van der Waals surface area (Å²) >= 11 is 0. The van der Waals surface area contributed by atoms with Crippen molar-refractivity contribution >= 4 is 47.2 Å². The van der Waals surface area contributed by atoms with Gasteiger partial charge in [-0.15, -0.1) is 0 Å². The number of hydrogen-bond donors (Lipinski definition) is 6. The predicted octanol–water partition coefficient (Wildman–Crippen LogP) is 8.96. The first-order chi connectivity index (χ1) is 39.8. The predicted molar refractivity (Wildman–Crippen MR) is 315 cm³/mol. The van der Waals surface area contributed by atoms with Gasteiger partial charge in [0, 0.05) is 68.5 Å². The number of amides is 6. The zero-order valence-corrected chi connectivity index (χ0v) is 48.7. The summed E-state index contributed by atoms with van der Waals surface area (Å²) < 4.78 is 30.4. The Kier molecular flexibility index (Phi) is 22.7. The van der Waals surface area contributed by atoms with E-state index in [1.165, 1.54) is 12.1 Å². The fraction of sp³-hybridized carbons (Fsp3) is 0.594. The van der Waals surface area contributed by atoms with Gasteiger partial charge in [-0.2, -0.15) is 0 Å². The number of carbonyl (C=O) groups is 6. The van der Waals surface area contributed by atoms with Crippen LogP contribution in [0.25, 0.3) is 16.7 Å². The highest BCUT2D eigenvalue weighted by atomic mass is 19.1. The van der Waals surface area contributed by atoms with Crippen LogP contribution in [0.3, 0.4) is 0 Å². The second-order valence-corrected chi connectivity index (χ2v) is 23.6. The van der Waals surface area contributed by atoms with Crippen LogP contribution in [0.4, 0.5) is 8.78 Å². The lowest BCUT2D eigenvalue weighted by Gasteiger charge is -2.37. The number of allylic oxidation sites excluding steroid dienone is 1. The molecule has 7 atom stereocenters. The lowest BCUT2D eigenvalue weighted by Crippen LogP contribution is -2.57. The third kappa shape index (κ3) is 15.8. The van der Waals surface area contributed by atoms with Gasteiger partial charge in [0.2, 0.25) is 23.6 Å². The molecular formula is C64H88F2N10O6. The first kappa shape index (κ1) is 61.7. The van der Waals surface area contributed by atoms with Gasteiger partial charge in [-0.05, 0) is 163 Å². The highest BCUT2D eigenvalue weighted by Gasteiger charge is 2.42. The summed E-state index contributed by atoms with van der Waals surface area (Å²) in [6.45, 7) is 5.53. The molecule has 444 valence electrons. The normalized spacial score (nSPS) is 21.0. The summed E-state index contributed by atoms with van der Waals surface area (Å²) in [4.78, 5) is 94.5. The molecule has 2 saturated heterocycles. The van der Waals surface area contributed by atoms with E-state index in [0.29, 0.717) is 62.1 Å². The smallest absolute Gasteiger partial charge is 0.254 e. The molecule has 2 aliphatic carbocycles. The molecule has 1 aromatic heterocycles. The molecule has 1 unspecified atom stereocenters. The molecule has 3 aromatic rings. The van der Waals surface area contributed by atoms with Crippen molar-refractivity contribution in [2.24, 2.45) is 22.7 Å². The Bertz CT molecular complexity index is 2760. The average Bonchev–Trinajstić information content (AvgIpc) is 4.38. The van der Waals surface area contributed by atoms with E-state index in [-0.39, 0.29) is 64.6 Å². The van der Waals surface area contributed by atoms with Crippen LogP contribution in [-0.4, -0.2) is 127 Å². The van der Waals surface area contributed by atoms with Crippen molar-refractivity contribution in [2.45, 2.75) is 185 Å². The van der Waals surface area contributed by atoms with Crippen LogP contribution in [0.15, 0.2) is 66.1 Å². The fourth-order valence-electron chi connectivity index (χ4n) is 12.9. The van der Waals surface area contributed by atoms with Crippen LogP contribution >= 0.6 is 0 Å². The maximum absolute atomic E-state index is 15.2. The van der Waals surface area contributed by atoms with Crippen molar-refractivity contribution < 1.29 is 37.5 Å². The molecule has 6 N–H and O–H groups in total. The number of unbranched alkanes of at least 4 members (excludes halogenated alkanes) is 5. The zero-order valence-electron chi connectivity index (χ0n) is 48.7. The molecule has 5 aliphatic rings. The Morgan fingerprint density at radius 1 is 0.585 bits per heavy atom. The van der Waals surface area contributed by atoms with Crippen molar-refractivity contribution in [3.05, 3.63) is 94.9 Å². The standard InChI is InChI=1S/C64H88F2N10O6/c1-41(67-3)59(77)73-57(43-19-11-9-12-20-43)63(81)75-31-17-23-55(75)49-33-47(37-69-39-49)45-25-27-53(65)51(35-45)61(79)71-29-15-7-5-6-8-16-30-72-62(80)52-36-46(26-28-54(52)66)48-34-50(40-70-38-48)56-24-18-32-76(56)64(82)58(44-21-13-10-14-22-44)74-60(78)42(2)68-4/h25-28,33,35-44,50,55-58,67-68H,5-24,29-32,34H2,1-4H3,(H,71,79)(H,72,80)(H,73,77)(H,74,78)/t41-,42-,50?,55-,56-,57-,58-/m0/s1. The number of likely N-dealkylation sites (N-methyl/N-ethyl adjacent to an activating group) is 2. The lowest BCUT2D eigenvalue weighted by atomic mass is 9.82. The summed E-state index contributed by atoms with van der Waals surface area (Å²) in [7, 11) is 3.46. The third-order valence-electron chi connectivity index (χ3n) is 18.0. The molecule has 8 rings (SSSR count). The molecule has 16 nitrogen and oxygen atoms in total. The zero-order chi connectivity index (χ0) is 58.1. The van der Waals surface area contributed by atoms with Crippen LogP contribution in [0.2, 0.25) is 0 Å².